The summed E-state index contributed by atoms with van der Waals surface area (Å²) in [6, 6.07) is 6.43. The zero-order chi connectivity index (χ0) is 21.5. The van der Waals surface area contributed by atoms with E-state index >= 15 is 0 Å². The van der Waals surface area contributed by atoms with Gasteiger partial charge >= 0.3 is 0 Å². The summed E-state index contributed by atoms with van der Waals surface area (Å²) in [7, 11) is 0. The smallest absolute Gasteiger partial charge is 0.280 e. The lowest BCUT2D eigenvalue weighted by molar-refractivity contribution is -0.383. The molecule has 2 atom stereocenters. The van der Waals surface area contributed by atoms with Gasteiger partial charge in [0.2, 0.25) is 0 Å². The van der Waals surface area contributed by atoms with Gasteiger partial charge in [0.05, 0.1) is 34.6 Å². The molecular formula is C19H16F2N6O3. The SMILES string of the molecule is C[C@@H](n1ncc2c([N+](=O)[O-])cccc21)[C@](O)(Cn1cncn1)c1ccc(F)cc1F. The number of fused-ring (bicyclic) bond motifs is 1. The van der Waals surface area contributed by atoms with Crippen LogP contribution in [0.15, 0.2) is 55.2 Å². The fourth-order valence-electron chi connectivity index (χ4n) is 3.57. The molecule has 1 N–H and O–H groups in total. The summed E-state index contributed by atoms with van der Waals surface area (Å²) in [6.45, 7) is 1.37. The number of hydrogen-bond donors (Lipinski definition) is 1. The van der Waals surface area contributed by atoms with Crippen molar-refractivity contribution in [3.05, 3.63) is 82.6 Å². The minimum atomic E-state index is -1.94. The van der Waals surface area contributed by atoms with Gasteiger partial charge in [-0.1, -0.05) is 12.1 Å². The van der Waals surface area contributed by atoms with Crippen LogP contribution in [-0.4, -0.2) is 34.6 Å². The van der Waals surface area contributed by atoms with E-state index in [0.29, 0.717) is 11.6 Å². The number of nitrogens with zero attached hydrogens (tertiary/aromatic N) is 6. The van der Waals surface area contributed by atoms with Crippen molar-refractivity contribution < 1.29 is 18.8 Å². The van der Waals surface area contributed by atoms with Crippen LogP contribution in [0.4, 0.5) is 14.5 Å². The molecule has 9 nitrogen and oxygen atoms in total. The quantitative estimate of drug-likeness (QED) is 0.384. The van der Waals surface area contributed by atoms with E-state index in [1.54, 1.807) is 13.0 Å². The molecule has 4 aromatic rings. The number of benzene rings is 2. The van der Waals surface area contributed by atoms with E-state index in [1.807, 2.05) is 0 Å². The minimum absolute atomic E-state index is 0.140. The van der Waals surface area contributed by atoms with Crippen molar-refractivity contribution in [1.82, 2.24) is 24.5 Å². The van der Waals surface area contributed by atoms with Crippen molar-refractivity contribution in [2.75, 3.05) is 0 Å². The second-order valence-electron chi connectivity index (χ2n) is 6.87. The van der Waals surface area contributed by atoms with Gasteiger partial charge in [0.25, 0.3) is 5.69 Å². The van der Waals surface area contributed by atoms with Crippen LogP contribution in [0.1, 0.15) is 18.5 Å². The Hall–Kier alpha value is -3.73. The van der Waals surface area contributed by atoms with E-state index in [2.05, 4.69) is 15.2 Å². The van der Waals surface area contributed by atoms with Crippen LogP contribution in [0, 0.1) is 21.7 Å². The van der Waals surface area contributed by atoms with E-state index in [1.165, 1.54) is 40.3 Å². The fraction of sp³-hybridized carbons (Fsp3) is 0.211. The second kappa shape index (κ2) is 7.26. The molecule has 0 saturated carbocycles. The Labute approximate surface area is 168 Å². The summed E-state index contributed by atoms with van der Waals surface area (Å²) >= 11 is 0. The molecule has 0 saturated heterocycles. The molecule has 0 aliphatic carbocycles. The Kier molecular flexibility index (Phi) is 4.74. The number of nitro benzene ring substituents is 1. The number of nitro groups is 1. The van der Waals surface area contributed by atoms with Crippen LogP contribution < -0.4 is 0 Å². The molecule has 2 heterocycles. The molecule has 11 heteroatoms. The Balaban J connectivity index is 1.88. The molecule has 0 radical (unpaired) electrons. The van der Waals surface area contributed by atoms with Gasteiger partial charge in [-0.2, -0.15) is 10.2 Å². The average molecular weight is 414 g/mol. The van der Waals surface area contributed by atoms with Crippen LogP contribution in [0.2, 0.25) is 0 Å². The lowest BCUT2D eigenvalue weighted by atomic mass is 9.86. The predicted octanol–water partition coefficient (Wildman–Crippen LogP) is 2.96. The highest BCUT2D eigenvalue weighted by molar-refractivity contribution is 5.88. The Morgan fingerprint density at radius 1 is 1.27 bits per heavy atom. The predicted molar refractivity (Wildman–Crippen MR) is 101 cm³/mol. The summed E-state index contributed by atoms with van der Waals surface area (Å²) < 4.78 is 30.9. The third-order valence-electron chi connectivity index (χ3n) is 5.14. The lowest BCUT2D eigenvalue weighted by Gasteiger charge is -2.35. The monoisotopic (exact) mass is 414 g/mol. The van der Waals surface area contributed by atoms with E-state index < -0.39 is 28.2 Å². The molecular weight excluding hydrogens is 398 g/mol. The topological polar surface area (TPSA) is 112 Å². The normalized spacial score (nSPS) is 14.5. The third-order valence-corrected chi connectivity index (χ3v) is 5.14. The van der Waals surface area contributed by atoms with Crippen molar-refractivity contribution in [1.29, 1.82) is 0 Å². The van der Waals surface area contributed by atoms with Crippen molar-refractivity contribution in [3.8, 4) is 0 Å². The Morgan fingerprint density at radius 2 is 2.07 bits per heavy atom. The van der Waals surface area contributed by atoms with E-state index in [-0.39, 0.29) is 23.2 Å². The molecule has 0 aliphatic heterocycles. The van der Waals surface area contributed by atoms with Crippen LogP contribution in [0.3, 0.4) is 0 Å². The van der Waals surface area contributed by atoms with Crippen molar-refractivity contribution >= 4 is 16.6 Å². The van der Waals surface area contributed by atoms with Crippen LogP contribution >= 0.6 is 0 Å². The van der Waals surface area contributed by atoms with Crippen LogP contribution in [-0.2, 0) is 12.1 Å². The average Bonchev–Trinajstić information content (AvgIpc) is 3.36. The standard InChI is InChI=1S/C19H16F2N6O3/c1-12(26-17-3-2-4-18(27(29)30)14(17)8-23-26)19(28,9-25-11-22-10-24-25)15-6-5-13(20)7-16(15)21/h2-8,10-12,28H,9H2,1H3/t12-,19-/m1/s1. The molecule has 30 heavy (non-hydrogen) atoms. The summed E-state index contributed by atoms with van der Waals surface area (Å²) in [5.74, 6) is -1.72. The maximum absolute atomic E-state index is 14.7. The first-order valence-electron chi connectivity index (χ1n) is 8.92. The number of aromatic nitrogens is 5. The number of aliphatic hydroxyl groups is 1. The summed E-state index contributed by atoms with van der Waals surface area (Å²) in [5.41, 5.74) is -1.86. The van der Waals surface area contributed by atoms with Gasteiger partial charge in [0, 0.05) is 17.7 Å². The molecule has 0 fully saturated rings. The molecule has 0 amide bonds. The molecule has 0 aliphatic rings. The number of non-ortho nitro benzene ring substituents is 1. The molecule has 2 aromatic heterocycles. The fourth-order valence-corrected chi connectivity index (χ4v) is 3.57. The zero-order valence-electron chi connectivity index (χ0n) is 15.7. The largest absolute Gasteiger partial charge is 0.381 e. The van der Waals surface area contributed by atoms with Gasteiger partial charge in [-0.15, -0.1) is 0 Å². The van der Waals surface area contributed by atoms with Crippen LogP contribution in [0.25, 0.3) is 10.9 Å². The maximum atomic E-state index is 14.7. The zero-order valence-corrected chi connectivity index (χ0v) is 15.7. The van der Waals surface area contributed by atoms with Crippen molar-refractivity contribution in [2.45, 2.75) is 25.1 Å². The molecule has 2 aromatic carbocycles. The third kappa shape index (κ3) is 3.18. The summed E-state index contributed by atoms with van der Waals surface area (Å²) in [6.07, 6.45) is 3.94. The highest BCUT2D eigenvalue weighted by Gasteiger charge is 2.41. The second-order valence-corrected chi connectivity index (χ2v) is 6.87. The highest BCUT2D eigenvalue weighted by atomic mass is 19.1. The summed E-state index contributed by atoms with van der Waals surface area (Å²) in [4.78, 5) is 14.6. The first-order valence-corrected chi connectivity index (χ1v) is 8.92. The highest BCUT2D eigenvalue weighted by Crippen LogP contribution is 2.38. The summed E-state index contributed by atoms with van der Waals surface area (Å²) in [5, 5.41) is 31.4. The Morgan fingerprint density at radius 3 is 2.73 bits per heavy atom. The van der Waals surface area contributed by atoms with E-state index in [4.69, 9.17) is 0 Å². The van der Waals surface area contributed by atoms with Gasteiger partial charge in [-0.3, -0.25) is 14.8 Å². The van der Waals surface area contributed by atoms with E-state index in [0.717, 1.165) is 12.1 Å². The van der Waals surface area contributed by atoms with Gasteiger partial charge in [0.15, 0.2) is 0 Å². The number of rotatable bonds is 6. The van der Waals surface area contributed by atoms with Crippen molar-refractivity contribution in [3.63, 3.8) is 0 Å². The maximum Gasteiger partial charge on any atom is 0.280 e. The number of hydrogen-bond acceptors (Lipinski definition) is 6. The first kappa shape index (κ1) is 19.6. The van der Waals surface area contributed by atoms with Crippen LogP contribution in [0.5, 0.6) is 0 Å². The van der Waals surface area contributed by atoms with Gasteiger partial charge in [-0.25, -0.2) is 18.4 Å². The van der Waals surface area contributed by atoms with Gasteiger partial charge in [-0.05, 0) is 19.1 Å². The molecule has 0 unspecified atom stereocenters. The van der Waals surface area contributed by atoms with E-state index in [9.17, 15) is 24.0 Å². The Bertz CT molecular complexity index is 1230. The van der Waals surface area contributed by atoms with Crippen molar-refractivity contribution in [2.24, 2.45) is 0 Å². The molecule has 0 spiro atoms. The molecule has 4 rings (SSSR count). The van der Waals surface area contributed by atoms with Gasteiger partial charge < -0.3 is 5.11 Å². The molecule has 0 bridgehead atoms. The first-order chi connectivity index (χ1) is 14.3. The number of halogens is 2. The molecule has 154 valence electrons. The van der Waals surface area contributed by atoms with Gasteiger partial charge in [0.1, 0.15) is 29.9 Å². The minimum Gasteiger partial charge on any atom is -0.381 e. The lowest BCUT2D eigenvalue weighted by Crippen LogP contribution is -2.41.